The Morgan fingerprint density at radius 2 is 1.33 bits per heavy atom. The van der Waals surface area contributed by atoms with Gasteiger partial charge in [-0.05, 0) is 24.6 Å². The van der Waals surface area contributed by atoms with Crippen molar-refractivity contribution in [2.24, 2.45) is 0 Å². The fraction of sp³-hybridized carbons (Fsp3) is 0.280. The van der Waals surface area contributed by atoms with Crippen LogP contribution >= 0.6 is 0 Å². The van der Waals surface area contributed by atoms with E-state index in [2.05, 4.69) is 17.9 Å². The summed E-state index contributed by atoms with van der Waals surface area (Å²) in [5, 5.41) is 0. The third-order valence-corrected chi connectivity index (χ3v) is 3.79. The van der Waals surface area contributed by atoms with Crippen molar-refractivity contribution in [3.8, 4) is 0 Å². The molecule has 2 rings (SSSR count). The van der Waals surface area contributed by atoms with Crippen LogP contribution in [0.15, 0.2) is 86.0 Å². The fourth-order valence-corrected chi connectivity index (χ4v) is 2.16. The molecule has 0 saturated carbocycles. The number of anilines is 1. The number of ether oxygens (including phenoxy) is 1. The van der Waals surface area contributed by atoms with Crippen LogP contribution in [0.4, 0.5) is 23.2 Å². The van der Waals surface area contributed by atoms with Gasteiger partial charge < -0.3 is 10.5 Å². The first-order valence-corrected chi connectivity index (χ1v) is 10.0. The number of ketones is 1. The molecule has 0 aliphatic heterocycles. The fourth-order valence-electron chi connectivity index (χ4n) is 2.16. The average Bonchev–Trinajstić information content (AvgIpc) is 2.76. The molecule has 0 aliphatic rings. The van der Waals surface area contributed by atoms with Crippen molar-refractivity contribution in [3.63, 3.8) is 0 Å². The van der Waals surface area contributed by atoms with Gasteiger partial charge in [-0.25, -0.2) is 4.79 Å². The number of nitrogen functional groups attached to an aromatic ring is 1. The molecule has 0 spiro atoms. The Hall–Kier alpha value is -3.42. The second-order valence-corrected chi connectivity index (χ2v) is 6.61. The molecule has 2 N–H and O–H groups in total. The summed E-state index contributed by atoms with van der Waals surface area (Å²) in [5.41, 5.74) is 6.78. The van der Waals surface area contributed by atoms with E-state index in [9.17, 15) is 27.2 Å². The number of allylic oxidation sites excluding steroid dienone is 2. The summed E-state index contributed by atoms with van der Waals surface area (Å²) in [4.78, 5) is 21.7. The van der Waals surface area contributed by atoms with Crippen molar-refractivity contribution in [1.82, 2.24) is 0 Å². The summed E-state index contributed by atoms with van der Waals surface area (Å²) < 4.78 is 55.2. The van der Waals surface area contributed by atoms with Gasteiger partial charge in [-0.3, -0.25) is 4.79 Å². The standard InChI is InChI=1S/C12H12F2O.C7H10F2O2.C6H7N/c1-2-8-12(13,14)11(15)9-10-6-4-3-5-7-10;1-3-5-7(8,9)6(10)11-4-2;7-6-4-2-1-3-5-6/h2-7H,1,8-9H2;3H,1,4-5H2,2H3;1-5H,7H2. The van der Waals surface area contributed by atoms with Gasteiger partial charge >= 0.3 is 17.8 Å². The van der Waals surface area contributed by atoms with Gasteiger partial charge in [-0.15, -0.1) is 13.2 Å². The highest BCUT2D eigenvalue weighted by Gasteiger charge is 2.38. The van der Waals surface area contributed by atoms with Crippen molar-refractivity contribution in [3.05, 3.63) is 91.5 Å². The third kappa shape index (κ3) is 12.9. The number of carbonyl (C=O) groups excluding carboxylic acids is 2. The van der Waals surface area contributed by atoms with E-state index in [0.29, 0.717) is 5.56 Å². The maximum Gasteiger partial charge on any atom is 0.377 e. The normalized spacial score (nSPS) is 10.5. The number of alkyl halides is 4. The van der Waals surface area contributed by atoms with Crippen LogP contribution in [0.5, 0.6) is 0 Å². The van der Waals surface area contributed by atoms with E-state index in [4.69, 9.17) is 5.73 Å². The number of rotatable bonds is 9. The van der Waals surface area contributed by atoms with Gasteiger partial charge in [-0.1, -0.05) is 60.7 Å². The molecule has 8 heteroatoms. The van der Waals surface area contributed by atoms with Crippen molar-refractivity contribution >= 4 is 17.4 Å². The third-order valence-electron chi connectivity index (χ3n) is 3.79. The minimum atomic E-state index is -3.42. The smallest absolute Gasteiger partial charge is 0.377 e. The Morgan fingerprint density at radius 1 is 0.879 bits per heavy atom. The molecule has 2 aromatic rings. The van der Waals surface area contributed by atoms with Gasteiger partial charge in [0.25, 0.3) is 0 Å². The van der Waals surface area contributed by atoms with Gasteiger partial charge in [-0.2, -0.15) is 17.6 Å². The van der Waals surface area contributed by atoms with E-state index in [0.717, 1.165) is 17.8 Å². The van der Waals surface area contributed by atoms with Crippen molar-refractivity contribution < 1.29 is 31.9 Å². The molecule has 0 unspecified atom stereocenters. The van der Waals surface area contributed by atoms with E-state index in [1.165, 1.54) is 6.92 Å². The van der Waals surface area contributed by atoms with E-state index in [1.807, 2.05) is 30.3 Å². The first-order chi connectivity index (χ1) is 15.5. The minimum absolute atomic E-state index is 0.0361. The molecule has 0 aliphatic carbocycles. The number of Topliss-reactive ketones (excluding diaryl/α,β-unsaturated/α-hetero) is 1. The number of benzene rings is 2. The van der Waals surface area contributed by atoms with Crippen molar-refractivity contribution in [2.75, 3.05) is 12.3 Å². The summed E-state index contributed by atoms with van der Waals surface area (Å²) in [7, 11) is 0. The van der Waals surface area contributed by atoms with Crippen LogP contribution < -0.4 is 5.73 Å². The topological polar surface area (TPSA) is 69.4 Å². The number of esters is 1. The van der Waals surface area contributed by atoms with Crippen LogP contribution in [0.2, 0.25) is 0 Å². The first-order valence-electron chi connectivity index (χ1n) is 10.0. The maximum atomic E-state index is 13.1. The summed E-state index contributed by atoms with van der Waals surface area (Å²) >= 11 is 0. The molecule has 0 atom stereocenters. The maximum absolute atomic E-state index is 13.1. The number of para-hydroxylation sites is 1. The molecule has 0 radical (unpaired) electrons. The first kappa shape index (κ1) is 29.6. The zero-order valence-electron chi connectivity index (χ0n) is 18.5. The second-order valence-electron chi connectivity index (χ2n) is 6.61. The van der Waals surface area contributed by atoms with Crippen molar-refractivity contribution in [2.45, 2.75) is 38.0 Å². The quantitative estimate of drug-likeness (QED) is 0.211. The monoisotopic (exact) mass is 467 g/mol. The van der Waals surface area contributed by atoms with Crippen LogP contribution in [-0.4, -0.2) is 30.2 Å². The number of nitrogens with two attached hydrogens (primary N) is 1. The molecule has 180 valence electrons. The predicted molar refractivity (Wildman–Crippen MR) is 122 cm³/mol. The lowest BCUT2D eigenvalue weighted by molar-refractivity contribution is -0.170. The Labute approximate surface area is 191 Å². The Bertz CT molecular complexity index is 856. The number of halogens is 4. The molecule has 0 amide bonds. The van der Waals surface area contributed by atoms with E-state index in [1.54, 1.807) is 30.3 Å². The van der Waals surface area contributed by atoms with E-state index in [-0.39, 0.29) is 13.0 Å². The van der Waals surface area contributed by atoms with Crippen LogP contribution in [0, 0.1) is 0 Å². The molecule has 0 heterocycles. The van der Waals surface area contributed by atoms with E-state index < -0.39 is 36.4 Å². The van der Waals surface area contributed by atoms with Gasteiger partial charge in [0.05, 0.1) is 6.61 Å². The zero-order valence-corrected chi connectivity index (χ0v) is 18.5. The number of hydrogen-bond acceptors (Lipinski definition) is 4. The summed E-state index contributed by atoms with van der Waals surface area (Å²) in [5.74, 6) is -9.26. The average molecular weight is 468 g/mol. The molecule has 0 aromatic heterocycles. The van der Waals surface area contributed by atoms with Gasteiger partial charge in [0.1, 0.15) is 0 Å². The Morgan fingerprint density at radius 3 is 1.73 bits per heavy atom. The summed E-state index contributed by atoms with van der Waals surface area (Å²) in [6.07, 6.45) is 0.534. The highest BCUT2D eigenvalue weighted by molar-refractivity contribution is 5.87. The summed E-state index contributed by atoms with van der Waals surface area (Å²) in [6, 6.07) is 18.0. The molecule has 0 bridgehead atoms. The molecule has 0 fully saturated rings. The lowest BCUT2D eigenvalue weighted by atomic mass is 10.0. The number of carbonyl (C=O) groups is 2. The second kappa shape index (κ2) is 15.4. The Balaban J connectivity index is 0.000000498. The lowest BCUT2D eigenvalue weighted by Gasteiger charge is -2.12. The van der Waals surface area contributed by atoms with Crippen LogP contribution in [0.3, 0.4) is 0 Å². The zero-order chi connectivity index (χ0) is 25.3. The molecule has 2 aromatic carbocycles. The van der Waals surface area contributed by atoms with E-state index >= 15 is 0 Å². The molecular weight excluding hydrogens is 438 g/mol. The molecular formula is C25H29F4NO3. The minimum Gasteiger partial charge on any atom is -0.462 e. The Kier molecular flexibility index (Phi) is 13.8. The SMILES string of the molecule is C=CCC(F)(F)C(=O)Cc1ccccc1.C=CCC(F)(F)C(=O)OCC.Nc1ccccc1. The molecule has 4 nitrogen and oxygen atoms in total. The van der Waals surface area contributed by atoms with Gasteiger partial charge in [0, 0.05) is 24.9 Å². The lowest BCUT2D eigenvalue weighted by Crippen LogP contribution is -2.29. The van der Waals surface area contributed by atoms with Crippen LogP contribution in [0.25, 0.3) is 0 Å². The van der Waals surface area contributed by atoms with Crippen molar-refractivity contribution in [1.29, 1.82) is 0 Å². The van der Waals surface area contributed by atoms with Crippen LogP contribution in [-0.2, 0) is 20.7 Å². The highest BCUT2D eigenvalue weighted by atomic mass is 19.3. The molecule has 0 saturated heterocycles. The highest BCUT2D eigenvalue weighted by Crippen LogP contribution is 2.22. The largest absolute Gasteiger partial charge is 0.462 e. The van der Waals surface area contributed by atoms with Gasteiger partial charge in [0.2, 0.25) is 5.78 Å². The summed E-state index contributed by atoms with van der Waals surface area (Å²) in [6.45, 7) is 7.74. The van der Waals surface area contributed by atoms with Gasteiger partial charge in [0.15, 0.2) is 0 Å². The molecule has 33 heavy (non-hydrogen) atoms. The number of hydrogen-bond donors (Lipinski definition) is 1. The van der Waals surface area contributed by atoms with Crippen LogP contribution in [0.1, 0.15) is 25.3 Å². The predicted octanol–water partition coefficient (Wildman–Crippen LogP) is 6.04.